The lowest BCUT2D eigenvalue weighted by Gasteiger charge is -2.20. The minimum absolute atomic E-state index is 0.0220. The topological polar surface area (TPSA) is 53.4 Å². The Labute approximate surface area is 131 Å². The molecule has 6 heteroatoms. The predicted octanol–water partition coefficient (Wildman–Crippen LogP) is 2.17. The third kappa shape index (κ3) is 2.49. The van der Waals surface area contributed by atoms with Gasteiger partial charge in [0.25, 0.3) is 0 Å². The van der Waals surface area contributed by atoms with Gasteiger partial charge in [0.1, 0.15) is 0 Å². The Morgan fingerprint density at radius 2 is 2.09 bits per heavy atom. The molecule has 1 aromatic rings. The quantitative estimate of drug-likeness (QED) is 0.911. The zero-order valence-corrected chi connectivity index (χ0v) is 13.2. The van der Waals surface area contributed by atoms with E-state index in [9.17, 15) is 4.79 Å². The number of urea groups is 1. The molecule has 0 bridgehead atoms. The molecule has 1 aromatic heterocycles. The van der Waals surface area contributed by atoms with Gasteiger partial charge in [-0.05, 0) is 38.8 Å². The zero-order valence-electron chi connectivity index (χ0n) is 13.2. The minimum atomic E-state index is 0.0220. The fourth-order valence-electron chi connectivity index (χ4n) is 4.31. The molecular weight excluding hydrogens is 278 g/mol. The van der Waals surface area contributed by atoms with E-state index in [0.717, 1.165) is 18.8 Å². The van der Waals surface area contributed by atoms with Crippen molar-refractivity contribution in [3.8, 4) is 0 Å². The number of rotatable bonds is 2. The van der Waals surface area contributed by atoms with Crippen molar-refractivity contribution in [3.05, 3.63) is 12.4 Å². The molecule has 0 aromatic carbocycles. The van der Waals surface area contributed by atoms with Crippen molar-refractivity contribution in [3.63, 3.8) is 0 Å². The molecule has 3 fully saturated rings. The van der Waals surface area contributed by atoms with Gasteiger partial charge in [0.2, 0.25) is 0 Å². The summed E-state index contributed by atoms with van der Waals surface area (Å²) in [5, 5.41) is 7.44. The number of amides is 2. The Bertz CT molecular complexity index is 550. The molecule has 1 N–H and O–H groups in total. The fraction of sp³-hybridized carbons (Fsp3) is 0.750. The first-order valence-corrected chi connectivity index (χ1v) is 8.51. The molecule has 2 atom stereocenters. The van der Waals surface area contributed by atoms with E-state index >= 15 is 0 Å². The van der Waals surface area contributed by atoms with Crippen molar-refractivity contribution < 1.29 is 4.79 Å². The zero-order chi connectivity index (χ0) is 15.1. The van der Waals surface area contributed by atoms with E-state index in [1.54, 1.807) is 6.20 Å². The number of carbonyl (C=O) groups is 1. The van der Waals surface area contributed by atoms with E-state index in [2.05, 4.69) is 22.4 Å². The van der Waals surface area contributed by atoms with E-state index in [0.29, 0.717) is 18.0 Å². The molecule has 1 saturated carbocycles. The number of hydrogen-bond donors (Lipinski definition) is 1. The molecular formula is C16H25N5O. The van der Waals surface area contributed by atoms with Crippen LogP contribution in [0.5, 0.6) is 0 Å². The molecule has 3 heterocycles. The van der Waals surface area contributed by atoms with Gasteiger partial charge in [-0.15, -0.1) is 0 Å². The molecule has 2 saturated heterocycles. The van der Waals surface area contributed by atoms with E-state index in [4.69, 9.17) is 0 Å². The molecule has 0 spiro atoms. The summed E-state index contributed by atoms with van der Waals surface area (Å²) in [6.07, 6.45) is 9.96. The molecule has 2 aliphatic heterocycles. The van der Waals surface area contributed by atoms with Gasteiger partial charge in [-0.1, -0.05) is 12.8 Å². The molecule has 4 rings (SSSR count). The maximum absolute atomic E-state index is 12.4. The van der Waals surface area contributed by atoms with Gasteiger partial charge < -0.3 is 15.1 Å². The Morgan fingerprint density at radius 1 is 1.27 bits per heavy atom. The van der Waals surface area contributed by atoms with Gasteiger partial charge >= 0.3 is 6.03 Å². The van der Waals surface area contributed by atoms with Crippen LogP contribution < -0.4 is 5.32 Å². The second-order valence-electron chi connectivity index (χ2n) is 7.08. The second kappa shape index (κ2) is 5.57. The van der Waals surface area contributed by atoms with E-state index in [1.807, 2.05) is 15.8 Å². The number of likely N-dealkylation sites (N-methyl/N-ethyl adjacent to an activating group) is 1. The first-order valence-electron chi connectivity index (χ1n) is 8.51. The summed E-state index contributed by atoms with van der Waals surface area (Å²) < 4.78 is 2.02. The highest BCUT2D eigenvalue weighted by Crippen LogP contribution is 2.31. The summed E-state index contributed by atoms with van der Waals surface area (Å²) in [5.74, 6) is 0.650. The van der Waals surface area contributed by atoms with Crippen molar-refractivity contribution in [1.29, 1.82) is 0 Å². The first kappa shape index (κ1) is 14.1. The number of fused-ring (bicyclic) bond motifs is 1. The lowest BCUT2D eigenvalue weighted by Crippen LogP contribution is -2.37. The van der Waals surface area contributed by atoms with Crippen LogP contribution in [0.3, 0.4) is 0 Å². The van der Waals surface area contributed by atoms with Crippen LogP contribution in [0.25, 0.3) is 0 Å². The highest BCUT2D eigenvalue weighted by Gasteiger charge is 2.41. The molecule has 1 aliphatic carbocycles. The van der Waals surface area contributed by atoms with Crippen molar-refractivity contribution in [1.82, 2.24) is 19.6 Å². The lowest BCUT2D eigenvalue weighted by atomic mass is 10.1. The first-order chi connectivity index (χ1) is 10.7. The Kier molecular flexibility index (Phi) is 3.56. The molecule has 0 radical (unpaired) electrons. The van der Waals surface area contributed by atoms with Gasteiger partial charge in [0.05, 0.1) is 17.9 Å². The minimum Gasteiger partial charge on any atom is -0.323 e. The Morgan fingerprint density at radius 3 is 2.86 bits per heavy atom. The summed E-state index contributed by atoms with van der Waals surface area (Å²) in [4.78, 5) is 16.8. The maximum atomic E-state index is 12.4. The normalized spacial score (nSPS) is 29.2. The number of nitrogens with one attached hydrogen (secondary N) is 1. The standard InChI is InChI=1S/C16H25N5O/c1-19-7-6-12-9-20(11-15(12)19)16(22)18-13-8-17-21(10-13)14-4-2-3-5-14/h8,10,12,14-15H,2-7,9,11H2,1H3,(H,18,22)/t12-,15+/m1/s1. The van der Waals surface area contributed by atoms with Crippen LogP contribution in [0.2, 0.25) is 0 Å². The third-order valence-corrected chi connectivity index (χ3v) is 5.66. The number of hydrogen-bond acceptors (Lipinski definition) is 3. The third-order valence-electron chi connectivity index (χ3n) is 5.66. The van der Waals surface area contributed by atoms with Gasteiger partial charge in [-0.3, -0.25) is 4.68 Å². The van der Waals surface area contributed by atoms with Crippen LogP contribution in [0.1, 0.15) is 38.1 Å². The fourth-order valence-corrected chi connectivity index (χ4v) is 4.31. The monoisotopic (exact) mass is 303 g/mol. The smallest absolute Gasteiger partial charge is 0.321 e. The number of anilines is 1. The predicted molar refractivity (Wildman–Crippen MR) is 84.8 cm³/mol. The maximum Gasteiger partial charge on any atom is 0.321 e. The SMILES string of the molecule is CN1CC[C@@H]2CN(C(=O)Nc3cnn(C4CCCC4)c3)C[C@@H]21. The average Bonchev–Trinajstić information content (AvgIpc) is 3.23. The van der Waals surface area contributed by atoms with Crippen LogP contribution in [0.4, 0.5) is 10.5 Å². The largest absolute Gasteiger partial charge is 0.323 e. The van der Waals surface area contributed by atoms with Crippen molar-refractivity contribution >= 4 is 11.7 Å². The summed E-state index contributed by atoms with van der Waals surface area (Å²) in [7, 11) is 2.16. The molecule has 120 valence electrons. The molecule has 3 aliphatic rings. The van der Waals surface area contributed by atoms with Crippen molar-refractivity contribution in [2.45, 2.75) is 44.2 Å². The molecule has 22 heavy (non-hydrogen) atoms. The highest BCUT2D eigenvalue weighted by molar-refractivity contribution is 5.89. The van der Waals surface area contributed by atoms with Crippen molar-refractivity contribution in [2.24, 2.45) is 5.92 Å². The van der Waals surface area contributed by atoms with Gasteiger partial charge in [0, 0.05) is 25.3 Å². The van der Waals surface area contributed by atoms with Crippen LogP contribution >= 0.6 is 0 Å². The summed E-state index contributed by atoms with van der Waals surface area (Å²) in [5.41, 5.74) is 0.822. The van der Waals surface area contributed by atoms with Crippen LogP contribution in [-0.2, 0) is 0 Å². The van der Waals surface area contributed by atoms with Crippen LogP contribution in [0, 0.1) is 5.92 Å². The highest BCUT2D eigenvalue weighted by atomic mass is 16.2. The van der Waals surface area contributed by atoms with Crippen LogP contribution in [-0.4, -0.2) is 58.3 Å². The second-order valence-corrected chi connectivity index (χ2v) is 7.08. The van der Waals surface area contributed by atoms with Crippen molar-refractivity contribution in [2.75, 3.05) is 32.0 Å². The average molecular weight is 303 g/mol. The number of aromatic nitrogens is 2. The molecule has 0 unspecified atom stereocenters. The number of carbonyl (C=O) groups excluding carboxylic acids is 1. The van der Waals surface area contributed by atoms with E-state index in [1.165, 1.54) is 38.6 Å². The van der Waals surface area contributed by atoms with E-state index in [-0.39, 0.29) is 6.03 Å². The molecule has 6 nitrogen and oxygen atoms in total. The van der Waals surface area contributed by atoms with E-state index < -0.39 is 0 Å². The number of likely N-dealkylation sites (tertiary alicyclic amines) is 2. The van der Waals surface area contributed by atoms with Gasteiger partial charge in [-0.2, -0.15) is 5.10 Å². The lowest BCUT2D eigenvalue weighted by molar-refractivity contribution is 0.213. The number of nitrogens with zero attached hydrogens (tertiary/aromatic N) is 4. The summed E-state index contributed by atoms with van der Waals surface area (Å²) >= 11 is 0. The molecule has 2 amide bonds. The van der Waals surface area contributed by atoms with Gasteiger partial charge in [-0.25, -0.2) is 4.79 Å². The summed E-state index contributed by atoms with van der Waals surface area (Å²) in [6.45, 7) is 2.90. The Hall–Kier alpha value is -1.56. The van der Waals surface area contributed by atoms with Crippen LogP contribution in [0.15, 0.2) is 12.4 Å². The van der Waals surface area contributed by atoms with Gasteiger partial charge in [0.15, 0.2) is 0 Å². The summed E-state index contributed by atoms with van der Waals surface area (Å²) in [6, 6.07) is 1.09. The Balaban J connectivity index is 1.36.